The van der Waals surface area contributed by atoms with Crippen LogP contribution in [0.15, 0.2) is 48.8 Å². The van der Waals surface area contributed by atoms with Crippen LogP contribution in [0.5, 0.6) is 0 Å². The second-order valence-corrected chi connectivity index (χ2v) is 6.60. The molecule has 0 N–H and O–H groups in total. The summed E-state index contributed by atoms with van der Waals surface area (Å²) < 4.78 is 28.6. The molecule has 0 radical (unpaired) electrons. The van der Waals surface area contributed by atoms with Crippen molar-refractivity contribution < 1.29 is 8.78 Å². The molecule has 4 rings (SSSR count). The van der Waals surface area contributed by atoms with E-state index in [0.717, 1.165) is 27.2 Å². The van der Waals surface area contributed by atoms with Crippen LogP contribution in [0.25, 0.3) is 21.6 Å². The molecule has 120 valence electrons. The number of aromatic nitrogens is 3. The van der Waals surface area contributed by atoms with Crippen molar-refractivity contribution in [3.63, 3.8) is 0 Å². The molecule has 2 aromatic heterocycles. The van der Waals surface area contributed by atoms with E-state index in [0.29, 0.717) is 17.6 Å². The maximum Gasteiger partial charge on any atom is 0.161 e. The minimum atomic E-state index is -0.881. The van der Waals surface area contributed by atoms with Crippen LogP contribution in [-0.4, -0.2) is 14.5 Å². The van der Waals surface area contributed by atoms with Gasteiger partial charge in [0, 0.05) is 22.6 Å². The van der Waals surface area contributed by atoms with Crippen molar-refractivity contribution in [1.29, 1.82) is 0 Å². The van der Waals surface area contributed by atoms with Crippen molar-refractivity contribution in [2.24, 2.45) is 0 Å². The third-order valence-electron chi connectivity index (χ3n) is 3.89. The molecule has 0 saturated heterocycles. The van der Waals surface area contributed by atoms with Gasteiger partial charge in [0.25, 0.3) is 0 Å². The van der Waals surface area contributed by atoms with Crippen LogP contribution in [0, 0.1) is 18.6 Å². The number of hydrogen-bond acceptors (Lipinski definition) is 3. The van der Waals surface area contributed by atoms with Gasteiger partial charge >= 0.3 is 0 Å². The molecule has 0 unspecified atom stereocenters. The minimum Gasteiger partial charge on any atom is -0.325 e. The third kappa shape index (κ3) is 2.59. The van der Waals surface area contributed by atoms with Gasteiger partial charge in [-0.2, -0.15) is 0 Å². The third-order valence-corrected chi connectivity index (χ3v) is 5.08. The fourth-order valence-corrected chi connectivity index (χ4v) is 3.68. The number of imidazole rings is 1. The molecular weight excluding hydrogens is 328 g/mol. The van der Waals surface area contributed by atoms with Gasteiger partial charge < -0.3 is 4.57 Å². The van der Waals surface area contributed by atoms with Crippen molar-refractivity contribution >= 4 is 22.4 Å². The lowest BCUT2D eigenvalue weighted by Gasteiger charge is -2.03. The molecule has 0 aliphatic rings. The van der Waals surface area contributed by atoms with Gasteiger partial charge in [-0.3, -0.25) is 0 Å². The number of nitrogens with zero attached hydrogens (tertiary/aromatic N) is 3. The molecule has 0 aliphatic heterocycles. The van der Waals surface area contributed by atoms with Gasteiger partial charge in [-0.15, -0.1) is 11.3 Å². The Bertz CT molecular complexity index is 1020. The quantitative estimate of drug-likeness (QED) is 0.536. The van der Waals surface area contributed by atoms with Crippen LogP contribution in [0.4, 0.5) is 8.78 Å². The first-order valence-electron chi connectivity index (χ1n) is 7.43. The van der Waals surface area contributed by atoms with Crippen molar-refractivity contribution in [3.8, 4) is 10.6 Å². The number of fused-ring (bicyclic) bond motifs is 1. The Hall–Kier alpha value is -2.60. The average molecular weight is 341 g/mol. The summed E-state index contributed by atoms with van der Waals surface area (Å²) in [5, 5.41) is 0.949. The maximum absolute atomic E-state index is 13.5. The van der Waals surface area contributed by atoms with E-state index < -0.39 is 11.6 Å². The first-order chi connectivity index (χ1) is 11.6. The lowest BCUT2D eigenvalue weighted by molar-refractivity contribution is 0.510. The summed E-state index contributed by atoms with van der Waals surface area (Å²) in [6.45, 7) is 2.48. The van der Waals surface area contributed by atoms with Crippen LogP contribution in [0.2, 0.25) is 0 Å². The Balaban J connectivity index is 1.71. The number of rotatable bonds is 3. The van der Waals surface area contributed by atoms with Crippen LogP contribution in [-0.2, 0) is 6.54 Å². The smallest absolute Gasteiger partial charge is 0.161 e. The fraction of sp³-hybridized carbons (Fsp3) is 0.111. The number of halogens is 2. The van der Waals surface area contributed by atoms with E-state index in [1.165, 1.54) is 6.07 Å². The standard InChI is InChI=1S/C18H13F2N3S/c1-11-17(24-18(22-11)12-5-3-2-4-6-12)9-23-10-21-15-7-13(19)14(20)8-16(15)23/h2-8,10H,9H2,1H3. The van der Waals surface area contributed by atoms with Crippen LogP contribution in [0.1, 0.15) is 10.6 Å². The Morgan fingerprint density at radius 2 is 1.83 bits per heavy atom. The highest BCUT2D eigenvalue weighted by Gasteiger charge is 2.13. The van der Waals surface area contributed by atoms with Gasteiger partial charge in [0.1, 0.15) is 5.01 Å². The summed E-state index contributed by atoms with van der Waals surface area (Å²) >= 11 is 1.60. The van der Waals surface area contributed by atoms with Gasteiger partial charge in [0.15, 0.2) is 11.6 Å². The van der Waals surface area contributed by atoms with Crippen LogP contribution in [0.3, 0.4) is 0 Å². The predicted molar refractivity (Wildman–Crippen MR) is 91.0 cm³/mol. The normalized spacial score (nSPS) is 11.3. The first-order valence-corrected chi connectivity index (χ1v) is 8.25. The van der Waals surface area contributed by atoms with Crippen molar-refractivity contribution in [2.75, 3.05) is 0 Å². The maximum atomic E-state index is 13.5. The highest BCUT2D eigenvalue weighted by Crippen LogP contribution is 2.29. The second-order valence-electron chi connectivity index (χ2n) is 5.52. The molecule has 0 saturated carbocycles. The van der Waals surface area contributed by atoms with E-state index in [2.05, 4.69) is 9.97 Å². The van der Waals surface area contributed by atoms with Crippen LogP contribution < -0.4 is 0 Å². The van der Waals surface area contributed by atoms with E-state index >= 15 is 0 Å². The topological polar surface area (TPSA) is 30.7 Å². The summed E-state index contributed by atoms with van der Waals surface area (Å²) in [7, 11) is 0. The lowest BCUT2D eigenvalue weighted by Crippen LogP contribution is -1.98. The minimum absolute atomic E-state index is 0.444. The van der Waals surface area contributed by atoms with Gasteiger partial charge in [-0.25, -0.2) is 18.7 Å². The zero-order valence-electron chi connectivity index (χ0n) is 12.8. The molecule has 0 bridgehead atoms. The van der Waals surface area contributed by atoms with E-state index in [1.807, 2.05) is 41.8 Å². The summed E-state index contributed by atoms with van der Waals surface area (Å²) in [6, 6.07) is 12.3. The van der Waals surface area contributed by atoms with Gasteiger partial charge in [-0.05, 0) is 6.92 Å². The molecule has 2 aromatic carbocycles. The molecule has 0 fully saturated rings. The Morgan fingerprint density at radius 3 is 2.62 bits per heavy atom. The Kier molecular flexibility index (Phi) is 3.61. The summed E-state index contributed by atoms with van der Waals surface area (Å²) in [5.41, 5.74) is 3.02. The fourth-order valence-electron chi connectivity index (χ4n) is 2.61. The number of hydrogen-bond donors (Lipinski definition) is 0. The van der Waals surface area contributed by atoms with Crippen LogP contribution >= 0.6 is 11.3 Å². The van der Waals surface area contributed by atoms with Gasteiger partial charge in [0.2, 0.25) is 0 Å². The first kappa shape index (κ1) is 15.0. The molecule has 2 heterocycles. The molecule has 4 aromatic rings. The lowest BCUT2D eigenvalue weighted by atomic mass is 10.2. The van der Waals surface area contributed by atoms with E-state index in [4.69, 9.17) is 0 Å². The predicted octanol–water partition coefficient (Wildman–Crippen LogP) is 4.79. The van der Waals surface area contributed by atoms with Crippen molar-refractivity contribution in [3.05, 3.63) is 71.0 Å². The highest BCUT2D eigenvalue weighted by molar-refractivity contribution is 7.15. The highest BCUT2D eigenvalue weighted by atomic mass is 32.1. The average Bonchev–Trinajstić information content (AvgIpc) is 3.14. The molecule has 0 spiro atoms. The molecular formula is C18H13F2N3S. The molecule has 0 aliphatic carbocycles. The molecule has 24 heavy (non-hydrogen) atoms. The van der Waals surface area contributed by atoms with E-state index in [9.17, 15) is 8.78 Å². The largest absolute Gasteiger partial charge is 0.325 e. The van der Waals surface area contributed by atoms with E-state index in [-0.39, 0.29) is 0 Å². The van der Waals surface area contributed by atoms with Gasteiger partial charge in [0.05, 0.1) is 29.6 Å². The van der Waals surface area contributed by atoms with Gasteiger partial charge in [-0.1, -0.05) is 30.3 Å². The Labute approximate surface area is 141 Å². The molecule has 3 nitrogen and oxygen atoms in total. The SMILES string of the molecule is Cc1nc(-c2ccccc2)sc1Cn1cnc2cc(F)c(F)cc21. The molecule has 0 amide bonds. The number of thiazole rings is 1. The molecule has 0 atom stereocenters. The van der Waals surface area contributed by atoms with Crippen molar-refractivity contribution in [1.82, 2.24) is 14.5 Å². The second kappa shape index (κ2) is 5.79. The summed E-state index contributed by atoms with van der Waals surface area (Å²) in [4.78, 5) is 9.84. The van der Waals surface area contributed by atoms with Crippen molar-refractivity contribution in [2.45, 2.75) is 13.5 Å². The Morgan fingerprint density at radius 1 is 1.08 bits per heavy atom. The summed E-state index contributed by atoms with van der Waals surface area (Å²) in [6.07, 6.45) is 1.60. The summed E-state index contributed by atoms with van der Waals surface area (Å²) in [5.74, 6) is -1.75. The number of aryl methyl sites for hydroxylation is 1. The zero-order chi connectivity index (χ0) is 16.7. The molecule has 6 heteroatoms. The zero-order valence-corrected chi connectivity index (χ0v) is 13.6. The van der Waals surface area contributed by atoms with E-state index in [1.54, 1.807) is 17.7 Å². The monoisotopic (exact) mass is 341 g/mol. The number of benzene rings is 2.